The molecule has 1 atom stereocenters. The van der Waals surface area contributed by atoms with E-state index in [0.29, 0.717) is 0 Å². The van der Waals surface area contributed by atoms with Crippen LogP contribution in [0.3, 0.4) is 0 Å². The number of nitrogens with zero attached hydrogens (tertiary/aromatic N) is 1. The van der Waals surface area contributed by atoms with E-state index in [0.717, 1.165) is 24.3 Å². The van der Waals surface area contributed by atoms with Crippen molar-refractivity contribution < 1.29 is 10.6 Å². The summed E-state index contributed by atoms with van der Waals surface area (Å²) in [6.45, 7) is 2.36. The summed E-state index contributed by atoms with van der Waals surface area (Å²) in [5, 5.41) is 4.78. The molecule has 3 heterocycles. The van der Waals surface area contributed by atoms with E-state index < -0.39 is 0 Å². The number of allylic oxidation sites excluding steroid dienone is 6. The first-order valence-electron chi connectivity index (χ1n) is 13.7. The summed E-state index contributed by atoms with van der Waals surface area (Å²) in [5.41, 5.74) is 12.2. The number of benzene rings is 2. The van der Waals surface area contributed by atoms with Crippen molar-refractivity contribution in [1.29, 1.82) is 0 Å². The molecule has 1 aliphatic carbocycles. The second-order valence-corrected chi connectivity index (χ2v) is 12.2. The van der Waals surface area contributed by atoms with Gasteiger partial charge in [-0.3, -0.25) is 0 Å². The van der Waals surface area contributed by atoms with Crippen molar-refractivity contribution in [2.24, 2.45) is 0 Å². The fourth-order valence-electron chi connectivity index (χ4n) is 5.55. The van der Waals surface area contributed by atoms with E-state index in [2.05, 4.69) is 107 Å². The number of hydrogen-bond donors (Lipinski definition) is 3. The number of hydrogen-bond acceptors (Lipinski definition) is 4. The Hall–Kier alpha value is -2.90. The third-order valence-corrected chi connectivity index (χ3v) is 9.56. The van der Waals surface area contributed by atoms with Gasteiger partial charge < -0.3 is 16.0 Å². The number of fused-ring (bicyclic) bond motifs is 1. The van der Waals surface area contributed by atoms with Gasteiger partial charge in [-0.1, -0.05) is 54.3 Å². The van der Waals surface area contributed by atoms with Gasteiger partial charge in [-0.05, 0) is 56.4 Å². The van der Waals surface area contributed by atoms with Crippen LogP contribution in [0, 0.1) is 0 Å². The summed E-state index contributed by atoms with van der Waals surface area (Å²) in [6, 6.07) is 16.9. The van der Waals surface area contributed by atoms with Gasteiger partial charge in [0.15, 0.2) is 0 Å². The van der Waals surface area contributed by atoms with Gasteiger partial charge in [-0.15, -0.1) is 11.8 Å². The molecule has 1 fully saturated rings. The Bertz CT molecular complexity index is 1350. The molecule has 38 heavy (non-hydrogen) atoms. The molecule has 4 aliphatic rings. The predicted octanol–water partition coefficient (Wildman–Crippen LogP) is 5.98. The zero-order valence-electron chi connectivity index (χ0n) is 21.8. The summed E-state index contributed by atoms with van der Waals surface area (Å²) in [6.07, 6.45) is 22.5. The molecule has 3 aliphatic heterocycles. The van der Waals surface area contributed by atoms with E-state index in [9.17, 15) is 0 Å². The maximum absolute atomic E-state index is 4.17. The number of para-hydroxylation sites is 1. The number of likely N-dealkylation sites (tertiary alicyclic amines) is 1. The highest BCUT2D eigenvalue weighted by Crippen LogP contribution is 2.40. The quantitative estimate of drug-likeness (QED) is 0.378. The molecule has 5 N–H and O–H groups in total. The molecule has 194 valence electrons. The SMILES string of the molecule is [NH3+]c1ccccc1SC/C=C/C1=C([NH+]2C=CC(N3CCCC3)=C2)C(=C/C=C2/Nc3ccccc3S2)/CCC1. The first-order chi connectivity index (χ1) is 18.7. The van der Waals surface area contributed by atoms with Crippen molar-refractivity contribution in [2.75, 3.05) is 24.2 Å². The molecule has 1 unspecified atom stereocenters. The van der Waals surface area contributed by atoms with Gasteiger partial charge in [0.1, 0.15) is 23.8 Å². The summed E-state index contributed by atoms with van der Waals surface area (Å²) in [4.78, 5) is 6.46. The number of thioether (sulfide) groups is 2. The molecular weight excluding hydrogens is 505 g/mol. The lowest BCUT2D eigenvalue weighted by atomic mass is 9.90. The van der Waals surface area contributed by atoms with Gasteiger partial charge in [0.2, 0.25) is 0 Å². The fraction of sp³-hybridized carbons (Fsp3) is 0.250. The van der Waals surface area contributed by atoms with Crippen LogP contribution < -0.4 is 16.0 Å². The minimum absolute atomic E-state index is 0.950. The molecule has 4 nitrogen and oxygen atoms in total. The van der Waals surface area contributed by atoms with Crippen LogP contribution in [-0.2, 0) is 0 Å². The van der Waals surface area contributed by atoms with Crippen molar-refractivity contribution in [3.05, 3.63) is 119 Å². The van der Waals surface area contributed by atoms with Crippen LogP contribution in [0.25, 0.3) is 0 Å². The largest absolute Gasteiger partial charge is 0.367 e. The Labute approximate surface area is 234 Å². The van der Waals surface area contributed by atoms with E-state index in [-0.39, 0.29) is 0 Å². The molecule has 0 aromatic heterocycles. The number of rotatable bonds is 7. The number of quaternary nitrogens is 2. The third kappa shape index (κ3) is 5.74. The topological polar surface area (TPSA) is 47.4 Å². The highest BCUT2D eigenvalue weighted by atomic mass is 32.2. The monoisotopic (exact) mass is 540 g/mol. The first kappa shape index (κ1) is 25.4. The smallest absolute Gasteiger partial charge is 0.146 e. The molecule has 1 saturated heterocycles. The van der Waals surface area contributed by atoms with Gasteiger partial charge in [-0.2, -0.15) is 0 Å². The standard InChI is InChI=1S/C32H34N4S2/c33-27-12-1-3-14-29(27)37-22-8-11-24-9-7-10-25(16-17-31-34-28-13-2-4-15-30(28)38-31)32(24)36-21-18-26(23-36)35-19-5-6-20-35/h1-4,8,11-18,21,23,34H,5-7,9-10,19-20,22,33H2/p+2/b11-8+,25-16+,31-17-. The lowest BCUT2D eigenvalue weighted by molar-refractivity contribution is -0.741. The highest BCUT2D eigenvalue weighted by molar-refractivity contribution is 8.03. The van der Waals surface area contributed by atoms with Gasteiger partial charge in [0.25, 0.3) is 0 Å². The minimum atomic E-state index is 0.950. The normalized spacial score (nSPS) is 23.1. The molecule has 2 aromatic carbocycles. The Kier molecular flexibility index (Phi) is 7.93. The molecule has 0 spiro atoms. The Balaban J connectivity index is 1.27. The lowest BCUT2D eigenvalue weighted by Crippen LogP contribution is -3.00. The van der Waals surface area contributed by atoms with Crippen LogP contribution in [0.2, 0.25) is 0 Å². The Morgan fingerprint density at radius 1 is 1.00 bits per heavy atom. The Morgan fingerprint density at radius 3 is 2.71 bits per heavy atom. The van der Waals surface area contributed by atoms with Crippen LogP contribution in [0.1, 0.15) is 32.1 Å². The average molecular weight is 541 g/mol. The second-order valence-electron chi connectivity index (χ2n) is 10.1. The molecule has 0 saturated carbocycles. The zero-order valence-corrected chi connectivity index (χ0v) is 23.4. The summed E-state index contributed by atoms with van der Waals surface area (Å²) in [7, 11) is 0. The molecule has 0 amide bonds. The molecule has 6 rings (SSSR count). The van der Waals surface area contributed by atoms with Crippen LogP contribution in [0.15, 0.2) is 129 Å². The van der Waals surface area contributed by atoms with E-state index in [4.69, 9.17) is 0 Å². The van der Waals surface area contributed by atoms with E-state index in [1.54, 1.807) is 0 Å². The second kappa shape index (κ2) is 11.9. The maximum atomic E-state index is 4.17. The molecular formula is C32H36N4S2+2. The van der Waals surface area contributed by atoms with Crippen molar-refractivity contribution in [1.82, 2.24) is 4.90 Å². The summed E-state index contributed by atoms with van der Waals surface area (Å²) < 4.78 is 0. The van der Waals surface area contributed by atoms with Crippen LogP contribution in [0.5, 0.6) is 0 Å². The van der Waals surface area contributed by atoms with Crippen LogP contribution in [-0.4, -0.2) is 23.7 Å². The van der Waals surface area contributed by atoms with Crippen LogP contribution in [0.4, 0.5) is 11.4 Å². The van der Waals surface area contributed by atoms with Gasteiger partial charge >= 0.3 is 0 Å². The zero-order chi connectivity index (χ0) is 25.7. The van der Waals surface area contributed by atoms with E-state index in [1.807, 2.05) is 23.5 Å². The summed E-state index contributed by atoms with van der Waals surface area (Å²) >= 11 is 3.68. The highest BCUT2D eigenvalue weighted by Gasteiger charge is 2.28. The first-order valence-corrected chi connectivity index (χ1v) is 15.5. The average Bonchev–Trinajstić information content (AvgIpc) is 3.71. The lowest BCUT2D eigenvalue weighted by Gasteiger charge is -2.23. The van der Waals surface area contributed by atoms with Crippen molar-refractivity contribution in [2.45, 2.75) is 41.9 Å². The van der Waals surface area contributed by atoms with Crippen LogP contribution >= 0.6 is 23.5 Å². The van der Waals surface area contributed by atoms with E-state index >= 15 is 0 Å². The number of nitrogens with one attached hydrogen (secondary N) is 2. The molecule has 0 bridgehead atoms. The third-order valence-electron chi connectivity index (χ3n) is 7.46. The summed E-state index contributed by atoms with van der Waals surface area (Å²) in [5.74, 6) is 0.950. The molecule has 0 radical (unpaired) electrons. The van der Waals surface area contributed by atoms with Gasteiger partial charge in [0.05, 0.1) is 21.3 Å². The molecule has 6 heteroatoms. The van der Waals surface area contributed by atoms with Crippen molar-refractivity contribution in [3.8, 4) is 0 Å². The van der Waals surface area contributed by atoms with E-state index in [1.165, 1.54) is 80.3 Å². The Morgan fingerprint density at radius 2 is 1.84 bits per heavy atom. The minimum Gasteiger partial charge on any atom is -0.367 e. The predicted molar refractivity (Wildman–Crippen MR) is 161 cm³/mol. The van der Waals surface area contributed by atoms with Crippen molar-refractivity contribution in [3.63, 3.8) is 0 Å². The number of anilines is 1. The maximum Gasteiger partial charge on any atom is 0.146 e. The van der Waals surface area contributed by atoms with Gasteiger partial charge in [-0.25, -0.2) is 4.90 Å². The molecule has 2 aromatic rings. The fourth-order valence-corrected chi connectivity index (χ4v) is 7.26. The van der Waals surface area contributed by atoms with Crippen molar-refractivity contribution >= 4 is 34.9 Å². The van der Waals surface area contributed by atoms with Gasteiger partial charge in [0, 0.05) is 47.0 Å².